The van der Waals surface area contributed by atoms with Crippen LogP contribution in [0.5, 0.6) is 0 Å². The van der Waals surface area contributed by atoms with E-state index in [-0.39, 0.29) is 0 Å². The van der Waals surface area contributed by atoms with Crippen LogP contribution in [-0.2, 0) is 0 Å². The van der Waals surface area contributed by atoms with E-state index in [1.165, 1.54) is 20.9 Å². The van der Waals surface area contributed by atoms with E-state index < -0.39 is 12.2 Å². The molecular weight excluding hydrogens is 513 g/mol. The number of rotatable bonds is 6. The predicted octanol–water partition coefficient (Wildman–Crippen LogP) is 9.22. The maximum atomic E-state index is 11.2. The molecule has 0 aliphatic heterocycles. The Kier molecular flexibility index (Phi) is 7.27. The van der Waals surface area contributed by atoms with Gasteiger partial charge in [0.1, 0.15) is 12.2 Å². The molecule has 2 atom stereocenters. The van der Waals surface area contributed by atoms with Gasteiger partial charge in [-0.2, -0.15) is 0 Å². The fourth-order valence-corrected chi connectivity index (χ4v) is 8.59. The Morgan fingerprint density at radius 2 is 0.757 bits per heavy atom. The second-order valence-corrected chi connectivity index (χ2v) is 13.3. The Hall–Kier alpha value is -2.54. The first-order valence-corrected chi connectivity index (χ1v) is 14.9. The summed E-state index contributed by atoms with van der Waals surface area (Å²) in [6.07, 6.45) is -1.23. The van der Waals surface area contributed by atoms with E-state index in [1.54, 1.807) is 34.0 Å². The maximum Gasteiger partial charge on any atom is 0.114 e. The molecule has 0 amide bonds. The fourth-order valence-electron chi connectivity index (χ4n) is 5.40. The topological polar surface area (TPSA) is 40.5 Å². The van der Waals surface area contributed by atoms with E-state index in [9.17, 15) is 10.2 Å². The third kappa shape index (κ3) is 5.12. The zero-order valence-electron chi connectivity index (χ0n) is 22.0. The molecule has 2 N–H and O–H groups in total. The molecule has 0 aliphatic rings. The van der Waals surface area contributed by atoms with Gasteiger partial charge in [0, 0.05) is 29.3 Å². The first-order chi connectivity index (χ1) is 17.6. The lowest BCUT2D eigenvalue weighted by atomic mass is 9.95. The van der Waals surface area contributed by atoms with Crippen molar-refractivity contribution in [3.63, 3.8) is 0 Å². The molecule has 2 nitrogen and oxygen atoms in total. The fraction of sp³-hybridized carbons (Fsp3) is 0.250. The first-order valence-electron chi connectivity index (χ1n) is 12.4. The van der Waals surface area contributed by atoms with Gasteiger partial charge in [0.2, 0.25) is 0 Å². The van der Waals surface area contributed by atoms with Crippen LogP contribution in [0.15, 0.2) is 60.7 Å². The highest BCUT2D eigenvalue weighted by atomic mass is 32.1. The van der Waals surface area contributed by atoms with Gasteiger partial charge in [-0.15, -0.1) is 34.0 Å². The molecule has 2 unspecified atom stereocenters. The minimum absolute atomic E-state index is 0.617. The summed E-state index contributed by atoms with van der Waals surface area (Å²) in [5, 5.41) is 22.4. The van der Waals surface area contributed by atoms with Crippen molar-refractivity contribution in [2.45, 2.75) is 53.8 Å². The molecule has 5 aromatic rings. The van der Waals surface area contributed by atoms with Gasteiger partial charge >= 0.3 is 0 Å². The molecule has 5 heteroatoms. The van der Waals surface area contributed by atoms with E-state index in [0.717, 1.165) is 52.9 Å². The summed E-state index contributed by atoms with van der Waals surface area (Å²) in [7, 11) is 0. The molecule has 0 saturated heterocycles. The van der Waals surface area contributed by atoms with Crippen LogP contribution in [0, 0.1) is 41.5 Å². The third-order valence-electron chi connectivity index (χ3n) is 6.91. The summed E-state index contributed by atoms with van der Waals surface area (Å²) < 4.78 is 0. The minimum Gasteiger partial charge on any atom is -0.383 e. The Morgan fingerprint density at radius 3 is 1.11 bits per heavy atom. The van der Waals surface area contributed by atoms with Gasteiger partial charge in [-0.3, -0.25) is 0 Å². The van der Waals surface area contributed by atoms with Crippen LogP contribution in [0.25, 0.3) is 19.5 Å². The van der Waals surface area contributed by atoms with E-state index in [4.69, 9.17) is 0 Å². The van der Waals surface area contributed by atoms with Crippen LogP contribution in [0.4, 0.5) is 0 Å². The van der Waals surface area contributed by atoms with Crippen LogP contribution in [0.1, 0.15) is 66.5 Å². The predicted molar refractivity (Wildman–Crippen MR) is 160 cm³/mol. The highest BCUT2D eigenvalue weighted by Gasteiger charge is 2.21. The van der Waals surface area contributed by atoms with Crippen LogP contribution >= 0.6 is 34.0 Å². The molecular formula is C32H32O2S3. The van der Waals surface area contributed by atoms with Crippen LogP contribution < -0.4 is 0 Å². The standard InChI is InChI=1S/C32H32O2S3/c1-17-13-19(3)29(20(4)14-17)31(33)27-11-9-25(36-27)23-7-8-24(35-23)26-10-12-28(37-26)32(34)30-21(5)15-18(2)16-22(30)6/h7-16,31-34H,1-6H3. The zero-order chi connectivity index (χ0) is 26.4. The number of thiophene rings is 3. The normalized spacial score (nSPS) is 13.2. The summed E-state index contributed by atoms with van der Waals surface area (Å²) in [6.45, 7) is 12.5. The highest BCUT2D eigenvalue weighted by molar-refractivity contribution is 7.26. The summed E-state index contributed by atoms with van der Waals surface area (Å²) in [5.41, 5.74) is 8.98. The van der Waals surface area contributed by atoms with Crippen LogP contribution in [-0.4, -0.2) is 10.2 Å². The van der Waals surface area contributed by atoms with Crippen molar-refractivity contribution in [1.82, 2.24) is 0 Å². The Labute approximate surface area is 231 Å². The van der Waals surface area contributed by atoms with Crippen LogP contribution in [0.3, 0.4) is 0 Å². The molecule has 0 aliphatic carbocycles. The Balaban J connectivity index is 1.38. The summed E-state index contributed by atoms with van der Waals surface area (Å²) in [5.74, 6) is 0. The average molecular weight is 545 g/mol. The van der Waals surface area contributed by atoms with Gasteiger partial charge in [-0.05, 0) is 111 Å². The van der Waals surface area contributed by atoms with Crippen molar-refractivity contribution >= 4 is 34.0 Å². The van der Waals surface area contributed by atoms with Crippen molar-refractivity contribution in [3.05, 3.63) is 115 Å². The van der Waals surface area contributed by atoms with Gasteiger partial charge < -0.3 is 10.2 Å². The number of hydrogen-bond donors (Lipinski definition) is 2. The minimum atomic E-state index is -0.617. The van der Waals surface area contributed by atoms with Gasteiger partial charge in [-0.1, -0.05) is 35.4 Å². The molecule has 5 rings (SSSR count). The average Bonchev–Trinajstić information content (AvgIpc) is 3.57. The number of aryl methyl sites for hydroxylation is 6. The largest absolute Gasteiger partial charge is 0.383 e. The van der Waals surface area contributed by atoms with Gasteiger partial charge in [0.05, 0.1) is 0 Å². The summed E-state index contributed by atoms with van der Waals surface area (Å²) >= 11 is 5.06. The SMILES string of the molecule is Cc1cc(C)c(C(O)c2ccc(-c3ccc(-c4ccc(C(O)c5c(C)cc(C)cc5C)s4)s3)s2)c(C)c1. The maximum absolute atomic E-state index is 11.2. The molecule has 0 saturated carbocycles. The molecule has 3 aromatic heterocycles. The number of aliphatic hydroxyl groups is 2. The lowest BCUT2D eigenvalue weighted by Gasteiger charge is -2.16. The first kappa shape index (κ1) is 26.1. The second kappa shape index (κ2) is 10.3. The third-order valence-corrected chi connectivity index (χ3v) is 10.7. The monoisotopic (exact) mass is 544 g/mol. The van der Waals surface area contributed by atoms with Gasteiger partial charge in [0.25, 0.3) is 0 Å². The molecule has 0 spiro atoms. The quantitative estimate of drug-likeness (QED) is 0.224. The smallest absolute Gasteiger partial charge is 0.114 e. The van der Waals surface area contributed by atoms with Crippen molar-refractivity contribution in [1.29, 1.82) is 0 Å². The second-order valence-electron chi connectivity index (χ2n) is 10.00. The van der Waals surface area contributed by atoms with E-state index in [1.807, 2.05) is 0 Å². The Morgan fingerprint density at radius 1 is 0.459 bits per heavy atom. The molecule has 3 heterocycles. The summed E-state index contributed by atoms with van der Waals surface area (Å²) in [6, 6.07) is 21.2. The molecule has 37 heavy (non-hydrogen) atoms. The lowest BCUT2D eigenvalue weighted by molar-refractivity contribution is 0.222. The lowest BCUT2D eigenvalue weighted by Crippen LogP contribution is -2.03. The Bertz CT molecular complexity index is 1420. The summed E-state index contributed by atoms with van der Waals surface area (Å²) in [4.78, 5) is 6.63. The molecule has 190 valence electrons. The van der Waals surface area contributed by atoms with Crippen molar-refractivity contribution < 1.29 is 10.2 Å². The highest BCUT2D eigenvalue weighted by Crippen LogP contribution is 2.43. The molecule has 2 aromatic carbocycles. The number of hydrogen-bond acceptors (Lipinski definition) is 5. The van der Waals surface area contributed by atoms with E-state index in [0.29, 0.717) is 0 Å². The van der Waals surface area contributed by atoms with E-state index in [2.05, 4.69) is 102 Å². The van der Waals surface area contributed by atoms with Crippen molar-refractivity contribution in [3.8, 4) is 19.5 Å². The van der Waals surface area contributed by atoms with Crippen molar-refractivity contribution in [2.24, 2.45) is 0 Å². The number of aliphatic hydroxyl groups excluding tert-OH is 2. The van der Waals surface area contributed by atoms with Crippen LogP contribution in [0.2, 0.25) is 0 Å². The van der Waals surface area contributed by atoms with Gasteiger partial charge in [0.15, 0.2) is 0 Å². The molecule has 0 radical (unpaired) electrons. The van der Waals surface area contributed by atoms with E-state index >= 15 is 0 Å². The zero-order valence-corrected chi connectivity index (χ0v) is 24.5. The van der Waals surface area contributed by atoms with Crippen molar-refractivity contribution in [2.75, 3.05) is 0 Å². The molecule has 0 fully saturated rings. The molecule has 0 bridgehead atoms. The van der Waals surface area contributed by atoms with Gasteiger partial charge in [-0.25, -0.2) is 0 Å². The number of benzene rings is 2.